The Kier molecular flexibility index (Phi) is 4.06. The van der Waals surface area contributed by atoms with E-state index in [-0.39, 0.29) is 0 Å². The Hall–Kier alpha value is -0.730. The zero-order chi connectivity index (χ0) is 9.68. The molecule has 1 rings (SSSR count). The number of allylic oxidation sites excluding steroid dienone is 1. The molecule has 0 fully saturated rings. The van der Waals surface area contributed by atoms with Gasteiger partial charge in [0.15, 0.2) is 5.15 Å². The van der Waals surface area contributed by atoms with E-state index in [2.05, 4.69) is 4.98 Å². The molecule has 4 heteroatoms. The van der Waals surface area contributed by atoms with Gasteiger partial charge in [0.05, 0.1) is 5.69 Å². The van der Waals surface area contributed by atoms with Crippen LogP contribution >= 0.6 is 23.2 Å². The lowest BCUT2D eigenvalue weighted by molar-refractivity contribution is 1.24. The number of nitrogens with zero attached hydrogens (tertiary/aromatic N) is 1. The van der Waals surface area contributed by atoms with Gasteiger partial charge in [-0.1, -0.05) is 23.8 Å². The summed E-state index contributed by atoms with van der Waals surface area (Å²) in [4.78, 5) is 3.91. The Bertz CT molecular complexity index is 310. The molecule has 0 spiro atoms. The first kappa shape index (κ1) is 10.4. The van der Waals surface area contributed by atoms with E-state index < -0.39 is 0 Å². The van der Waals surface area contributed by atoms with Gasteiger partial charge in [0.2, 0.25) is 0 Å². The van der Waals surface area contributed by atoms with Gasteiger partial charge in [-0.2, -0.15) is 0 Å². The molecule has 0 saturated heterocycles. The number of rotatable bonds is 3. The molecule has 13 heavy (non-hydrogen) atoms. The topological polar surface area (TPSA) is 38.9 Å². The normalized spacial score (nSPS) is 10.9. The van der Waals surface area contributed by atoms with E-state index in [0.717, 1.165) is 12.0 Å². The van der Waals surface area contributed by atoms with Crippen LogP contribution in [-0.2, 0) is 0 Å². The van der Waals surface area contributed by atoms with Gasteiger partial charge in [-0.15, -0.1) is 11.6 Å². The van der Waals surface area contributed by atoms with E-state index in [4.69, 9.17) is 28.9 Å². The Morgan fingerprint density at radius 1 is 1.54 bits per heavy atom. The second-order valence-electron chi connectivity index (χ2n) is 2.53. The SMILES string of the molecule is Nc1cc(C=CCCCl)cnc1Cl. The molecule has 0 aromatic carbocycles. The average molecular weight is 217 g/mol. The summed E-state index contributed by atoms with van der Waals surface area (Å²) < 4.78 is 0. The molecule has 2 N–H and O–H groups in total. The fourth-order valence-corrected chi connectivity index (χ4v) is 1.09. The first-order valence-electron chi connectivity index (χ1n) is 3.87. The molecule has 2 nitrogen and oxygen atoms in total. The molecule has 0 atom stereocenters. The molecule has 0 amide bonds. The summed E-state index contributed by atoms with van der Waals surface area (Å²) in [7, 11) is 0. The first-order valence-corrected chi connectivity index (χ1v) is 4.79. The van der Waals surface area contributed by atoms with Crippen LogP contribution < -0.4 is 5.73 Å². The quantitative estimate of drug-likeness (QED) is 0.624. The number of halogens is 2. The number of pyridine rings is 1. The van der Waals surface area contributed by atoms with Crippen LogP contribution in [0, 0.1) is 0 Å². The van der Waals surface area contributed by atoms with Crippen molar-refractivity contribution in [3.63, 3.8) is 0 Å². The molecule has 70 valence electrons. The van der Waals surface area contributed by atoms with Crippen molar-refractivity contribution in [1.29, 1.82) is 0 Å². The maximum absolute atomic E-state index is 5.66. The van der Waals surface area contributed by atoms with Crippen LogP contribution in [0.2, 0.25) is 5.15 Å². The van der Waals surface area contributed by atoms with Gasteiger partial charge in [-0.3, -0.25) is 0 Å². The van der Waals surface area contributed by atoms with Crippen LogP contribution in [0.3, 0.4) is 0 Å². The van der Waals surface area contributed by atoms with Crippen LogP contribution in [0.5, 0.6) is 0 Å². The van der Waals surface area contributed by atoms with E-state index >= 15 is 0 Å². The minimum Gasteiger partial charge on any atom is -0.396 e. The molecule has 0 aliphatic heterocycles. The maximum atomic E-state index is 5.66. The summed E-state index contributed by atoms with van der Waals surface area (Å²) in [5.41, 5.74) is 7.00. The molecule has 1 aromatic rings. The Balaban J connectivity index is 2.73. The molecule has 0 aliphatic rings. The summed E-state index contributed by atoms with van der Waals surface area (Å²) >= 11 is 11.2. The van der Waals surface area contributed by atoms with Crippen molar-refractivity contribution in [3.05, 3.63) is 29.1 Å². The third kappa shape index (κ3) is 3.25. The van der Waals surface area contributed by atoms with Gasteiger partial charge in [0.25, 0.3) is 0 Å². The fraction of sp³-hybridized carbons (Fsp3) is 0.222. The summed E-state index contributed by atoms with van der Waals surface area (Å²) in [6, 6.07) is 1.78. The molecule has 1 aromatic heterocycles. The second kappa shape index (κ2) is 5.10. The summed E-state index contributed by atoms with van der Waals surface area (Å²) in [5, 5.41) is 0.342. The average Bonchev–Trinajstić information content (AvgIpc) is 2.12. The highest BCUT2D eigenvalue weighted by molar-refractivity contribution is 6.31. The summed E-state index contributed by atoms with van der Waals surface area (Å²) in [5.74, 6) is 0.618. The van der Waals surface area contributed by atoms with Gasteiger partial charge in [-0.05, 0) is 18.1 Å². The first-order chi connectivity index (χ1) is 6.24. The third-order valence-corrected chi connectivity index (χ3v) is 2.01. The number of hydrogen-bond acceptors (Lipinski definition) is 2. The molecule has 0 bridgehead atoms. The van der Waals surface area contributed by atoms with Crippen LogP contribution in [-0.4, -0.2) is 10.9 Å². The number of nitrogens with two attached hydrogens (primary N) is 1. The van der Waals surface area contributed by atoms with Crippen molar-refractivity contribution in [1.82, 2.24) is 4.98 Å². The van der Waals surface area contributed by atoms with E-state index in [9.17, 15) is 0 Å². The molecule has 0 unspecified atom stereocenters. The van der Waals surface area contributed by atoms with E-state index in [1.165, 1.54) is 0 Å². The molecule has 0 saturated carbocycles. The number of anilines is 1. The lowest BCUT2D eigenvalue weighted by Crippen LogP contribution is -1.89. The van der Waals surface area contributed by atoms with Crippen LogP contribution in [0.15, 0.2) is 18.3 Å². The number of aromatic nitrogens is 1. The van der Waals surface area contributed by atoms with Crippen molar-refractivity contribution in [2.24, 2.45) is 0 Å². The Labute approximate surface area is 87.4 Å². The third-order valence-electron chi connectivity index (χ3n) is 1.47. The largest absolute Gasteiger partial charge is 0.396 e. The molecule has 1 heterocycles. The monoisotopic (exact) mass is 216 g/mol. The highest BCUT2D eigenvalue weighted by atomic mass is 35.5. The van der Waals surface area contributed by atoms with E-state index in [1.54, 1.807) is 12.3 Å². The van der Waals surface area contributed by atoms with Crippen LogP contribution in [0.1, 0.15) is 12.0 Å². The van der Waals surface area contributed by atoms with E-state index in [1.807, 2.05) is 12.2 Å². The van der Waals surface area contributed by atoms with Crippen molar-refractivity contribution >= 4 is 35.0 Å². The predicted molar refractivity (Wildman–Crippen MR) is 58.0 cm³/mol. The minimum atomic E-state index is 0.342. The molecular weight excluding hydrogens is 207 g/mol. The molecule has 0 radical (unpaired) electrons. The lowest BCUT2D eigenvalue weighted by atomic mass is 10.2. The second-order valence-corrected chi connectivity index (χ2v) is 3.26. The Morgan fingerprint density at radius 3 is 2.92 bits per heavy atom. The maximum Gasteiger partial charge on any atom is 0.151 e. The van der Waals surface area contributed by atoms with Gasteiger partial charge in [0, 0.05) is 12.1 Å². The molecular formula is C9H10Cl2N2. The highest BCUT2D eigenvalue weighted by Crippen LogP contribution is 2.16. The van der Waals surface area contributed by atoms with Crippen molar-refractivity contribution in [2.75, 3.05) is 11.6 Å². The minimum absolute atomic E-state index is 0.342. The predicted octanol–water partition coefficient (Wildman–Crippen LogP) is 2.96. The standard InChI is InChI=1S/C9H10Cl2N2/c10-4-2-1-3-7-5-8(12)9(11)13-6-7/h1,3,5-6H,2,4,12H2. The number of alkyl halides is 1. The van der Waals surface area contributed by atoms with E-state index in [0.29, 0.717) is 16.7 Å². The van der Waals surface area contributed by atoms with Crippen molar-refractivity contribution < 1.29 is 0 Å². The number of nitrogen functional groups attached to an aromatic ring is 1. The lowest BCUT2D eigenvalue weighted by Gasteiger charge is -1.97. The molecule has 0 aliphatic carbocycles. The van der Waals surface area contributed by atoms with Gasteiger partial charge < -0.3 is 5.73 Å². The van der Waals surface area contributed by atoms with Crippen LogP contribution in [0.4, 0.5) is 5.69 Å². The summed E-state index contributed by atoms with van der Waals surface area (Å²) in [6.45, 7) is 0. The fourth-order valence-electron chi connectivity index (χ4n) is 0.856. The number of hydrogen-bond donors (Lipinski definition) is 1. The van der Waals surface area contributed by atoms with Gasteiger partial charge in [-0.25, -0.2) is 4.98 Å². The van der Waals surface area contributed by atoms with Crippen LogP contribution in [0.25, 0.3) is 6.08 Å². The van der Waals surface area contributed by atoms with Gasteiger partial charge >= 0.3 is 0 Å². The smallest absolute Gasteiger partial charge is 0.151 e. The Morgan fingerprint density at radius 2 is 2.31 bits per heavy atom. The van der Waals surface area contributed by atoms with Crippen molar-refractivity contribution in [3.8, 4) is 0 Å². The van der Waals surface area contributed by atoms with Gasteiger partial charge in [0.1, 0.15) is 0 Å². The zero-order valence-electron chi connectivity index (χ0n) is 7.00. The summed E-state index contributed by atoms with van der Waals surface area (Å²) in [6.07, 6.45) is 6.40. The van der Waals surface area contributed by atoms with Crippen molar-refractivity contribution in [2.45, 2.75) is 6.42 Å². The highest BCUT2D eigenvalue weighted by Gasteiger charge is 1.96. The zero-order valence-corrected chi connectivity index (χ0v) is 8.52.